The molecule has 0 saturated carbocycles. The van der Waals surface area contributed by atoms with Crippen LogP contribution in [0, 0.1) is 5.82 Å². The maximum atomic E-state index is 13.4. The van der Waals surface area contributed by atoms with Crippen molar-refractivity contribution >= 4 is 17.1 Å². The van der Waals surface area contributed by atoms with Gasteiger partial charge in [0, 0.05) is 12.0 Å². The highest BCUT2D eigenvalue weighted by Crippen LogP contribution is 2.42. The summed E-state index contributed by atoms with van der Waals surface area (Å²) in [6.45, 7) is 3.62. The average molecular weight is 300 g/mol. The molecule has 1 unspecified atom stereocenters. The largest absolute Gasteiger partial charge is 0.611 e. The Morgan fingerprint density at radius 1 is 1.65 bits per heavy atom. The van der Waals surface area contributed by atoms with Gasteiger partial charge in [-0.15, -0.1) is 0 Å². The minimum atomic E-state index is -1.53. The third-order valence-electron chi connectivity index (χ3n) is 3.39. The van der Waals surface area contributed by atoms with E-state index in [2.05, 4.69) is 0 Å². The van der Waals surface area contributed by atoms with Crippen LogP contribution in [0.1, 0.15) is 32.3 Å². The zero-order valence-corrected chi connectivity index (χ0v) is 12.2. The minimum absolute atomic E-state index is 0.134. The Bertz CT molecular complexity index is 522. The van der Waals surface area contributed by atoms with Gasteiger partial charge in [0.05, 0.1) is 13.0 Å². The third kappa shape index (κ3) is 2.82. The molecule has 1 aromatic rings. The van der Waals surface area contributed by atoms with Gasteiger partial charge in [0.1, 0.15) is 16.7 Å². The van der Waals surface area contributed by atoms with Crippen molar-refractivity contribution in [3.8, 4) is 0 Å². The number of rotatable bonds is 3. The molecular formula is C14H17FO4S. The Morgan fingerprint density at radius 3 is 3.00 bits per heavy atom. The second-order valence-electron chi connectivity index (χ2n) is 4.97. The molecule has 110 valence electrons. The molecule has 0 bridgehead atoms. The number of carbonyl (C=O) groups is 1. The predicted molar refractivity (Wildman–Crippen MR) is 72.0 cm³/mol. The van der Waals surface area contributed by atoms with E-state index in [9.17, 15) is 18.8 Å². The molecule has 3 atom stereocenters. The maximum absolute atomic E-state index is 13.4. The van der Waals surface area contributed by atoms with Crippen LogP contribution in [-0.2, 0) is 26.3 Å². The molecule has 1 aromatic carbocycles. The number of fused-ring (bicyclic) bond motifs is 1. The van der Waals surface area contributed by atoms with Crippen molar-refractivity contribution in [1.82, 2.24) is 0 Å². The van der Waals surface area contributed by atoms with Gasteiger partial charge in [0.25, 0.3) is 0 Å². The maximum Gasteiger partial charge on any atom is 0.309 e. The molecule has 1 N–H and O–H groups in total. The second-order valence-corrected chi connectivity index (χ2v) is 6.81. The van der Waals surface area contributed by atoms with Crippen LogP contribution in [0.2, 0.25) is 0 Å². The normalized spacial score (nSPS) is 28.9. The van der Waals surface area contributed by atoms with Crippen LogP contribution in [0.25, 0.3) is 0 Å². The summed E-state index contributed by atoms with van der Waals surface area (Å²) >= 11 is -1.31. The van der Waals surface area contributed by atoms with Gasteiger partial charge in [0.15, 0.2) is 4.90 Å². The number of hydrogen-bond acceptors (Lipinski definition) is 4. The fourth-order valence-electron chi connectivity index (χ4n) is 2.54. The fourth-order valence-corrected chi connectivity index (χ4v) is 4.07. The van der Waals surface area contributed by atoms with Crippen molar-refractivity contribution < 1.29 is 23.6 Å². The van der Waals surface area contributed by atoms with Crippen LogP contribution >= 0.6 is 0 Å². The van der Waals surface area contributed by atoms with Gasteiger partial charge in [-0.25, -0.2) is 4.39 Å². The Kier molecular flexibility index (Phi) is 4.36. The van der Waals surface area contributed by atoms with Gasteiger partial charge in [-0.3, -0.25) is 4.79 Å². The van der Waals surface area contributed by atoms with Crippen LogP contribution in [0.15, 0.2) is 23.1 Å². The quantitative estimate of drug-likeness (QED) is 0.683. The molecule has 20 heavy (non-hydrogen) atoms. The highest BCUT2D eigenvalue weighted by molar-refractivity contribution is 7.92. The lowest BCUT2D eigenvalue weighted by Crippen LogP contribution is -2.41. The average Bonchev–Trinajstić information content (AvgIpc) is 2.36. The molecule has 1 aliphatic heterocycles. The molecule has 6 heteroatoms. The number of carbonyl (C=O) groups excluding carboxylic acids is 1. The first kappa shape index (κ1) is 15.3. The molecule has 1 heterocycles. The fraction of sp³-hybridized carbons (Fsp3) is 0.500. The van der Waals surface area contributed by atoms with E-state index in [1.54, 1.807) is 13.8 Å². The minimum Gasteiger partial charge on any atom is -0.611 e. The second kappa shape index (κ2) is 5.71. The number of hydrogen-bond donors (Lipinski definition) is 1. The van der Waals surface area contributed by atoms with E-state index < -0.39 is 28.6 Å². The third-order valence-corrected chi connectivity index (χ3v) is 5.08. The molecule has 0 spiro atoms. The van der Waals surface area contributed by atoms with Crippen molar-refractivity contribution in [3.63, 3.8) is 0 Å². The van der Waals surface area contributed by atoms with E-state index in [4.69, 9.17) is 4.74 Å². The summed E-state index contributed by atoms with van der Waals surface area (Å²) in [7, 11) is 0. The first-order valence-electron chi connectivity index (χ1n) is 6.46. The smallest absolute Gasteiger partial charge is 0.309 e. The number of ether oxygens (including phenoxy) is 1. The first-order chi connectivity index (χ1) is 9.37. The number of halogens is 1. The lowest BCUT2D eigenvalue weighted by molar-refractivity contribution is -0.149. The lowest BCUT2D eigenvalue weighted by atomic mass is 9.85. The Hall–Kier alpha value is -1.11. The highest BCUT2D eigenvalue weighted by Gasteiger charge is 2.46. The van der Waals surface area contributed by atoms with Crippen LogP contribution in [0.4, 0.5) is 4.39 Å². The Morgan fingerprint density at radius 2 is 2.35 bits per heavy atom. The summed E-state index contributed by atoms with van der Waals surface area (Å²) in [5.41, 5.74) is -1.31. The summed E-state index contributed by atoms with van der Waals surface area (Å²) in [4.78, 5) is 12.0. The lowest BCUT2D eigenvalue weighted by Gasteiger charge is -2.37. The van der Waals surface area contributed by atoms with E-state index in [1.165, 1.54) is 12.1 Å². The van der Waals surface area contributed by atoms with Crippen LogP contribution in [-0.4, -0.2) is 27.5 Å². The topological polar surface area (TPSA) is 69.6 Å². The van der Waals surface area contributed by atoms with Crippen LogP contribution < -0.4 is 0 Å². The number of esters is 1. The van der Waals surface area contributed by atoms with Crippen molar-refractivity contribution in [2.24, 2.45) is 0 Å². The molecule has 0 saturated heterocycles. The number of aliphatic hydroxyl groups is 1. The van der Waals surface area contributed by atoms with E-state index in [0.29, 0.717) is 4.90 Å². The Balaban J connectivity index is 2.41. The van der Waals surface area contributed by atoms with E-state index in [-0.39, 0.29) is 30.3 Å². The van der Waals surface area contributed by atoms with Gasteiger partial charge in [-0.2, -0.15) is 0 Å². The van der Waals surface area contributed by atoms with Gasteiger partial charge in [0.2, 0.25) is 0 Å². The zero-order valence-electron chi connectivity index (χ0n) is 11.4. The molecule has 4 nitrogen and oxygen atoms in total. The predicted octanol–water partition coefficient (Wildman–Crippen LogP) is 1.87. The van der Waals surface area contributed by atoms with E-state index in [1.807, 2.05) is 0 Å². The zero-order chi connectivity index (χ0) is 14.9. The molecule has 1 aliphatic rings. The summed E-state index contributed by atoms with van der Waals surface area (Å²) in [6.07, 6.45) is -0.131. The van der Waals surface area contributed by atoms with E-state index >= 15 is 0 Å². The summed E-state index contributed by atoms with van der Waals surface area (Å²) < 4.78 is 30.5. The van der Waals surface area contributed by atoms with Gasteiger partial charge in [-0.05, 0) is 43.2 Å². The molecule has 2 rings (SSSR count). The Labute approximate surface area is 120 Å². The molecular weight excluding hydrogens is 283 g/mol. The molecule has 0 aliphatic carbocycles. The van der Waals surface area contributed by atoms with Crippen molar-refractivity contribution in [2.75, 3.05) is 6.61 Å². The van der Waals surface area contributed by atoms with Crippen LogP contribution in [0.3, 0.4) is 0 Å². The standard InChI is InChI=1S/C14H17FO4S/c1-3-19-13(16)8-14(17)7-9(2)20(18)12-5-4-10(15)6-11(12)14/h4-6,9,17H,3,7-8H2,1-2H3/t9-,14-,20?/m1/s1. The van der Waals surface area contributed by atoms with Gasteiger partial charge in [-0.1, -0.05) is 0 Å². The van der Waals surface area contributed by atoms with Crippen molar-refractivity contribution in [2.45, 2.75) is 42.4 Å². The first-order valence-corrected chi connectivity index (χ1v) is 7.67. The van der Waals surface area contributed by atoms with Gasteiger partial charge >= 0.3 is 5.97 Å². The highest BCUT2D eigenvalue weighted by atomic mass is 32.2. The summed E-state index contributed by atoms with van der Waals surface area (Å²) in [5.74, 6) is -1.08. The van der Waals surface area contributed by atoms with E-state index in [0.717, 1.165) is 6.07 Å². The molecule has 0 radical (unpaired) electrons. The number of benzene rings is 1. The molecule has 0 amide bonds. The monoisotopic (exact) mass is 300 g/mol. The van der Waals surface area contributed by atoms with Crippen LogP contribution in [0.5, 0.6) is 0 Å². The SMILES string of the molecule is CCOC(=O)C[C@]1(O)C[C@@H](C)[S+]([O-])c2ccc(F)cc21. The van der Waals surface area contributed by atoms with Crippen molar-refractivity contribution in [3.05, 3.63) is 29.6 Å². The summed E-state index contributed by atoms with van der Waals surface area (Å²) in [6, 6.07) is 3.77. The van der Waals surface area contributed by atoms with Crippen molar-refractivity contribution in [1.29, 1.82) is 0 Å². The molecule has 0 fully saturated rings. The van der Waals surface area contributed by atoms with Gasteiger partial charge < -0.3 is 14.4 Å². The molecule has 0 aromatic heterocycles. The summed E-state index contributed by atoms with van der Waals surface area (Å²) in [5, 5.41) is 10.4.